The van der Waals surface area contributed by atoms with Crippen molar-refractivity contribution in [3.05, 3.63) is 91.0 Å². The zero-order valence-electron chi connectivity index (χ0n) is 18.7. The number of fused-ring (bicyclic) bond motifs is 1. The Labute approximate surface area is 198 Å². The second-order valence-electron chi connectivity index (χ2n) is 7.56. The van der Waals surface area contributed by atoms with Crippen LogP contribution in [0.5, 0.6) is 11.5 Å². The minimum atomic E-state index is -3.82. The molecule has 34 heavy (non-hydrogen) atoms. The highest BCUT2D eigenvalue weighted by Crippen LogP contribution is 2.28. The van der Waals surface area contributed by atoms with Gasteiger partial charge >= 0.3 is 0 Å². The van der Waals surface area contributed by atoms with E-state index in [1.165, 1.54) is 31.4 Å². The van der Waals surface area contributed by atoms with Gasteiger partial charge in [-0.25, -0.2) is 8.42 Å². The summed E-state index contributed by atoms with van der Waals surface area (Å²) >= 11 is 0. The quantitative estimate of drug-likeness (QED) is 0.371. The zero-order chi connectivity index (χ0) is 24.1. The molecule has 0 aliphatic rings. The molecule has 0 heterocycles. The van der Waals surface area contributed by atoms with Gasteiger partial charge in [-0.2, -0.15) is 0 Å². The Kier molecular flexibility index (Phi) is 6.70. The molecule has 0 saturated heterocycles. The highest BCUT2D eigenvalue weighted by molar-refractivity contribution is 7.92. The Balaban J connectivity index is 1.44. The van der Waals surface area contributed by atoms with Gasteiger partial charge in [-0.3, -0.25) is 9.52 Å². The van der Waals surface area contributed by atoms with E-state index in [-0.39, 0.29) is 10.8 Å². The number of ether oxygens (including phenoxy) is 2. The summed E-state index contributed by atoms with van der Waals surface area (Å²) in [5, 5.41) is 4.47. The van der Waals surface area contributed by atoms with E-state index in [1.54, 1.807) is 43.3 Å². The van der Waals surface area contributed by atoms with E-state index in [0.717, 1.165) is 10.8 Å². The van der Waals surface area contributed by atoms with Gasteiger partial charge < -0.3 is 14.8 Å². The van der Waals surface area contributed by atoms with E-state index >= 15 is 0 Å². The fourth-order valence-corrected chi connectivity index (χ4v) is 4.52. The Morgan fingerprint density at radius 1 is 0.824 bits per heavy atom. The van der Waals surface area contributed by atoms with Crippen molar-refractivity contribution in [2.24, 2.45) is 0 Å². The summed E-state index contributed by atoms with van der Waals surface area (Å²) in [6.45, 7) is 1.62. The number of nitrogens with one attached hydrogen (secondary N) is 2. The highest BCUT2D eigenvalue weighted by Gasteiger charge is 2.19. The Morgan fingerprint density at radius 3 is 2.21 bits per heavy atom. The number of benzene rings is 4. The van der Waals surface area contributed by atoms with Crippen molar-refractivity contribution in [2.75, 3.05) is 17.1 Å². The number of hydrogen-bond donors (Lipinski definition) is 2. The Bertz CT molecular complexity index is 1410. The topological polar surface area (TPSA) is 93.7 Å². The first-order valence-corrected chi connectivity index (χ1v) is 12.1. The third-order valence-electron chi connectivity index (χ3n) is 5.21. The third-order valence-corrected chi connectivity index (χ3v) is 6.59. The maximum Gasteiger partial charge on any atom is 0.265 e. The minimum absolute atomic E-state index is 0.0803. The molecule has 4 rings (SSSR count). The second-order valence-corrected chi connectivity index (χ2v) is 9.24. The number of methoxy groups -OCH3 is 1. The summed E-state index contributed by atoms with van der Waals surface area (Å²) in [4.78, 5) is 12.6. The van der Waals surface area contributed by atoms with Gasteiger partial charge in [0.05, 0.1) is 17.7 Å². The predicted molar refractivity (Wildman–Crippen MR) is 133 cm³/mol. The summed E-state index contributed by atoms with van der Waals surface area (Å²) in [6.07, 6.45) is -0.798. The molecular formula is C26H24N2O5S. The lowest BCUT2D eigenvalue weighted by molar-refractivity contribution is -0.122. The van der Waals surface area contributed by atoms with Crippen LogP contribution in [0, 0.1) is 0 Å². The van der Waals surface area contributed by atoms with E-state index in [9.17, 15) is 13.2 Å². The lowest BCUT2D eigenvalue weighted by atomic mass is 10.1. The molecule has 0 radical (unpaired) electrons. The van der Waals surface area contributed by atoms with Gasteiger partial charge in [-0.05, 0) is 54.8 Å². The summed E-state index contributed by atoms with van der Waals surface area (Å²) in [5.74, 6) is 0.597. The van der Waals surface area contributed by atoms with Crippen LogP contribution in [-0.4, -0.2) is 27.5 Å². The van der Waals surface area contributed by atoms with E-state index < -0.39 is 16.1 Å². The number of amides is 1. The smallest absolute Gasteiger partial charge is 0.265 e. The molecule has 4 aromatic rings. The first-order valence-electron chi connectivity index (χ1n) is 10.6. The molecular weight excluding hydrogens is 452 g/mol. The van der Waals surface area contributed by atoms with Gasteiger partial charge in [-0.1, -0.05) is 48.5 Å². The number of sulfonamides is 1. The number of hydrogen-bond acceptors (Lipinski definition) is 5. The van der Waals surface area contributed by atoms with Crippen LogP contribution in [0.25, 0.3) is 10.8 Å². The summed E-state index contributed by atoms with van der Waals surface area (Å²) in [7, 11) is -2.29. The van der Waals surface area contributed by atoms with Crippen LogP contribution in [0.4, 0.5) is 11.4 Å². The zero-order valence-corrected chi connectivity index (χ0v) is 19.5. The maximum atomic E-state index is 12.9. The van der Waals surface area contributed by atoms with E-state index in [0.29, 0.717) is 22.9 Å². The number of carbonyl (C=O) groups excluding carboxylic acids is 1. The Morgan fingerprint density at radius 2 is 1.47 bits per heavy atom. The van der Waals surface area contributed by atoms with Gasteiger partial charge in [-0.15, -0.1) is 0 Å². The van der Waals surface area contributed by atoms with Gasteiger partial charge in [0.1, 0.15) is 0 Å². The summed E-state index contributed by atoms with van der Waals surface area (Å²) < 4.78 is 39.4. The van der Waals surface area contributed by atoms with Gasteiger partial charge in [0, 0.05) is 11.1 Å². The number of rotatable bonds is 8. The first kappa shape index (κ1) is 23.1. The minimum Gasteiger partial charge on any atom is -0.493 e. The van der Waals surface area contributed by atoms with Gasteiger partial charge in [0.15, 0.2) is 17.6 Å². The van der Waals surface area contributed by atoms with E-state index in [4.69, 9.17) is 9.47 Å². The van der Waals surface area contributed by atoms with Crippen LogP contribution in [0.1, 0.15) is 6.92 Å². The van der Waals surface area contributed by atoms with Crippen LogP contribution in [0.2, 0.25) is 0 Å². The average Bonchev–Trinajstić information content (AvgIpc) is 2.84. The number of anilines is 2. The molecule has 7 nitrogen and oxygen atoms in total. The highest BCUT2D eigenvalue weighted by atomic mass is 32.2. The van der Waals surface area contributed by atoms with Gasteiger partial charge in [0.2, 0.25) is 0 Å². The van der Waals surface area contributed by atoms with Gasteiger partial charge in [0.25, 0.3) is 15.9 Å². The van der Waals surface area contributed by atoms with Crippen molar-refractivity contribution in [1.82, 2.24) is 0 Å². The van der Waals surface area contributed by atoms with Crippen molar-refractivity contribution < 1.29 is 22.7 Å². The molecule has 1 atom stereocenters. The summed E-state index contributed by atoms with van der Waals surface area (Å²) in [5.41, 5.74) is 0.947. The molecule has 174 valence electrons. The standard InChI is InChI=1S/C26H24N2O5S/c1-18(33-25-13-6-5-12-24(25)32-2)26(29)27-20-14-16-21(17-15-20)34(30,31)28-23-11-7-9-19-8-3-4-10-22(19)23/h3-18,28H,1-2H3,(H,27,29)/t18-/m0/s1. The summed E-state index contributed by atoms with van der Waals surface area (Å²) in [6, 6.07) is 26.0. The van der Waals surface area contributed by atoms with Crippen LogP contribution >= 0.6 is 0 Å². The van der Waals surface area contributed by atoms with Crippen molar-refractivity contribution in [2.45, 2.75) is 17.9 Å². The first-order chi connectivity index (χ1) is 16.4. The fraction of sp³-hybridized carbons (Fsp3) is 0.115. The lowest BCUT2D eigenvalue weighted by Crippen LogP contribution is -2.30. The fourth-order valence-electron chi connectivity index (χ4n) is 3.44. The third kappa shape index (κ3) is 5.13. The molecule has 0 bridgehead atoms. The maximum absolute atomic E-state index is 12.9. The molecule has 0 spiro atoms. The van der Waals surface area contributed by atoms with Crippen molar-refractivity contribution >= 4 is 38.1 Å². The molecule has 0 aliphatic heterocycles. The molecule has 8 heteroatoms. The van der Waals surface area contributed by atoms with Crippen LogP contribution in [0.15, 0.2) is 95.9 Å². The average molecular weight is 477 g/mol. The van der Waals surface area contributed by atoms with Crippen molar-refractivity contribution in [3.63, 3.8) is 0 Å². The van der Waals surface area contributed by atoms with Crippen molar-refractivity contribution in [3.8, 4) is 11.5 Å². The monoisotopic (exact) mass is 476 g/mol. The molecule has 0 saturated carbocycles. The van der Waals surface area contributed by atoms with Crippen LogP contribution < -0.4 is 19.5 Å². The SMILES string of the molecule is COc1ccccc1O[C@@H](C)C(=O)Nc1ccc(S(=O)(=O)Nc2cccc3ccccc23)cc1. The molecule has 0 aromatic heterocycles. The molecule has 0 fully saturated rings. The second kappa shape index (κ2) is 9.84. The molecule has 0 aliphatic carbocycles. The van der Waals surface area contributed by atoms with Crippen LogP contribution in [0.3, 0.4) is 0 Å². The van der Waals surface area contributed by atoms with Crippen molar-refractivity contribution in [1.29, 1.82) is 0 Å². The predicted octanol–water partition coefficient (Wildman–Crippen LogP) is 5.06. The lowest BCUT2D eigenvalue weighted by Gasteiger charge is -2.17. The van der Waals surface area contributed by atoms with E-state index in [2.05, 4.69) is 10.0 Å². The molecule has 0 unspecified atom stereocenters. The number of carbonyl (C=O) groups is 1. The normalized spacial score (nSPS) is 12.1. The largest absolute Gasteiger partial charge is 0.493 e. The van der Waals surface area contributed by atoms with Crippen LogP contribution in [-0.2, 0) is 14.8 Å². The molecule has 2 N–H and O–H groups in total. The Hall–Kier alpha value is -4.04. The van der Waals surface area contributed by atoms with E-state index in [1.807, 2.05) is 30.3 Å². The number of para-hydroxylation sites is 2. The molecule has 1 amide bonds. The molecule has 4 aromatic carbocycles.